The highest BCUT2D eigenvalue weighted by Gasteiger charge is 2.34. The fraction of sp³-hybridized carbons (Fsp3) is 0.0769. The largest absolute Gasteiger partial charge is 0.507 e. The third-order valence-electron chi connectivity index (χ3n) is 5.79. The molecule has 0 aliphatic heterocycles. The Hall–Kier alpha value is -4.53. The molecule has 0 saturated carbocycles. The predicted octanol–water partition coefficient (Wildman–Crippen LogP) is 5.51. The fourth-order valence-corrected chi connectivity index (χ4v) is 4.15. The molecule has 6 nitrogen and oxygen atoms in total. The average molecular weight is 480 g/mol. The summed E-state index contributed by atoms with van der Waals surface area (Å²) < 4.78 is 50.2. The van der Waals surface area contributed by atoms with E-state index in [1.165, 1.54) is 24.3 Å². The van der Waals surface area contributed by atoms with Crippen LogP contribution in [0.4, 0.5) is 13.2 Å². The van der Waals surface area contributed by atoms with E-state index in [0.29, 0.717) is 0 Å². The molecule has 3 aromatic carbocycles. The van der Waals surface area contributed by atoms with Crippen LogP contribution in [0.25, 0.3) is 21.9 Å². The minimum Gasteiger partial charge on any atom is -0.507 e. The molecule has 0 unspecified atom stereocenters. The number of fused-ring (bicyclic) bond motifs is 2. The Balaban J connectivity index is 1.87. The highest BCUT2D eigenvalue weighted by Crippen LogP contribution is 2.42. The van der Waals surface area contributed by atoms with Crippen molar-refractivity contribution in [2.24, 2.45) is 0 Å². The van der Waals surface area contributed by atoms with E-state index in [-0.39, 0.29) is 27.5 Å². The fourth-order valence-electron chi connectivity index (χ4n) is 4.15. The minimum absolute atomic E-state index is 0.0220. The highest BCUT2D eigenvalue weighted by atomic mass is 19.4. The molecule has 2 heterocycles. The zero-order chi connectivity index (χ0) is 24.9. The van der Waals surface area contributed by atoms with E-state index in [0.717, 1.165) is 24.3 Å². The molecule has 2 N–H and O–H groups in total. The molecule has 0 spiro atoms. The van der Waals surface area contributed by atoms with Crippen LogP contribution in [0.15, 0.2) is 91.2 Å². The topological polar surface area (TPSA) is 101 Å². The lowest BCUT2D eigenvalue weighted by atomic mass is 9.84. The van der Waals surface area contributed by atoms with Crippen molar-refractivity contribution in [3.05, 3.63) is 116 Å². The Labute approximate surface area is 194 Å². The van der Waals surface area contributed by atoms with Gasteiger partial charge in [0.2, 0.25) is 0 Å². The van der Waals surface area contributed by atoms with E-state index in [9.17, 15) is 33.0 Å². The van der Waals surface area contributed by atoms with Gasteiger partial charge in [0.1, 0.15) is 22.7 Å². The van der Waals surface area contributed by atoms with E-state index in [4.69, 9.17) is 8.83 Å². The van der Waals surface area contributed by atoms with Crippen LogP contribution in [0, 0.1) is 0 Å². The second-order valence-corrected chi connectivity index (χ2v) is 7.85. The number of hydrogen-bond acceptors (Lipinski definition) is 6. The Morgan fingerprint density at radius 3 is 1.51 bits per heavy atom. The molecule has 176 valence electrons. The number of hydrogen-bond donors (Lipinski definition) is 2. The maximum atomic E-state index is 13.2. The van der Waals surface area contributed by atoms with E-state index < -0.39 is 51.5 Å². The molecule has 0 bridgehead atoms. The summed E-state index contributed by atoms with van der Waals surface area (Å²) in [5.74, 6) is -2.57. The number of alkyl halides is 3. The van der Waals surface area contributed by atoms with Crippen LogP contribution in [-0.4, -0.2) is 10.2 Å². The van der Waals surface area contributed by atoms with Crippen LogP contribution < -0.4 is 11.3 Å². The normalized spacial score (nSPS) is 12.0. The molecule has 2 aromatic heterocycles. The summed E-state index contributed by atoms with van der Waals surface area (Å²) in [6, 6.07) is 15.9. The standard InChI is InChI=1S/C26H15F3O6/c27-26(28,29)14-11-9-13(10-12-14)19(20-22(30)15-5-1-3-7-17(15)34-24(20)32)21-23(31)16-6-2-4-8-18(16)35-25(21)33/h1-12,19,30-31H. The van der Waals surface area contributed by atoms with Gasteiger partial charge in [-0.25, -0.2) is 9.59 Å². The van der Waals surface area contributed by atoms with Crippen LogP contribution >= 0.6 is 0 Å². The smallest absolute Gasteiger partial charge is 0.416 e. The van der Waals surface area contributed by atoms with Crippen molar-refractivity contribution >= 4 is 21.9 Å². The van der Waals surface area contributed by atoms with Gasteiger partial charge in [0.25, 0.3) is 0 Å². The van der Waals surface area contributed by atoms with Crippen molar-refractivity contribution in [1.29, 1.82) is 0 Å². The molecule has 9 heteroatoms. The summed E-state index contributed by atoms with van der Waals surface area (Å²) in [5, 5.41) is 22.4. The van der Waals surface area contributed by atoms with Crippen molar-refractivity contribution in [2.75, 3.05) is 0 Å². The van der Waals surface area contributed by atoms with Crippen molar-refractivity contribution in [2.45, 2.75) is 12.1 Å². The summed E-state index contributed by atoms with van der Waals surface area (Å²) in [6.07, 6.45) is -4.62. The van der Waals surface area contributed by atoms with Crippen LogP contribution in [-0.2, 0) is 6.18 Å². The lowest BCUT2D eigenvalue weighted by molar-refractivity contribution is -0.137. The van der Waals surface area contributed by atoms with Gasteiger partial charge in [-0.3, -0.25) is 0 Å². The second kappa shape index (κ2) is 8.05. The van der Waals surface area contributed by atoms with E-state index >= 15 is 0 Å². The van der Waals surface area contributed by atoms with Crippen LogP contribution in [0.5, 0.6) is 11.5 Å². The number of halogens is 3. The van der Waals surface area contributed by atoms with Gasteiger partial charge >= 0.3 is 17.4 Å². The summed E-state index contributed by atoms with van der Waals surface area (Å²) >= 11 is 0. The Morgan fingerprint density at radius 2 is 1.09 bits per heavy atom. The molecule has 0 aliphatic rings. The third-order valence-corrected chi connectivity index (χ3v) is 5.79. The van der Waals surface area contributed by atoms with Crippen LogP contribution in [0.3, 0.4) is 0 Å². The zero-order valence-corrected chi connectivity index (χ0v) is 17.7. The SMILES string of the molecule is O=c1oc2ccccc2c(O)c1C(c1ccc(C(F)(F)F)cc1)c1c(O)c2ccccc2oc1=O. The first-order valence-corrected chi connectivity index (χ1v) is 10.3. The first kappa shape index (κ1) is 22.3. The van der Waals surface area contributed by atoms with E-state index in [2.05, 4.69) is 0 Å². The van der Waals surface area contributed by atoms with Crippen molar-refractivity contribution < 1.29 is 32.2 Å². The maximum absolute atomic E-state index is 13.2. The van der Waals surface area contributed by atoms with Gasteiger partial charge < -0.3 is 19.0 Å². The predicted molar refractivity (Wildman–Crippen MR) is 121 cm³/mol. The number of aromatic hydroxyl groups is 2. The van der Waals surface area contributed by atoms with Crippen LogP contribution in [0.1, 0.15) is 28.2 Å². The molecule has 0 atom stereocenters. The summed E-state index contributed by atoms with van der Waals surface area (Å²) in [7, 11) is 0. The maximum Gasteiger partial charge on any atom is 0.416 e. The summed E-state index contributed by atoms with van der Waals surface area (Å²) in [4.78, 5) is 26.1. The molecule has 0 saturated heterocycles. The lowest BCUT2D eigenvalue weighted by Gasteiger charge is -2.20. The summed E-state index contributed by atoms with van der Waals surface area (Å²) in [6.45, 7) is 0. The quantitative estimate of drug-likeness (QED) is 0.330. The Kier molecular flexibility index (Phi) is 5.12. The van der Waals surface area contributed by atoms with Gasteiger partial charge in [-0.05, 0) is 42.0 Å². The van der Waals surface area contributed by atoms with E-state index in [1.807, 2.05) is 0 Å². The molecule has 5 rings (SSSR count). The molecule has 5 aromatic rings. The zero-order valence-electron chi connectivity index (χ0n) is 17.7. The lowest BCUT2D eigenvalue weighted by Crippen LogP contribution is -2.21. The summed E-state index contributed by atoms with van der Waals surface area (Å²) in [5.41, 5.74) is -3.71. The molecule has 0 fully saturated rings. The number of para-hydroxylation sites is 2. The molecular formula is C26H15F3O6. The van der Waals surface area contributed by atoms with E-state index in [1.54, 1.807) is 24.3 Å². The Morgan fingerprint density at radius 1 is 0.657 bits per heavy atom. The van der Waals surface area contributed by atoms with Crippen molar-refractivity contribution in [3.63, 3.8) is 0 Å². The van der Waals surface area contributed by atoms with Crippen LogP contribution in [0.2, 0.25) is 0 Å². The van der Waals surface area contributed by atoms with Crippen molar-refractivity contribution in [1.82, 2.24) is 0 Å². The van der Waals surface area contributed by atoms with Gasteiger partial charge in [-0.15, -0.1) is 0 Å². The molecule has 35 heavy (non-hydrogen) atoms. The molecule has 0 aliphatic carbocycles. The minimum atomic E-state index is -4.62. The van der Waals surface area contributed by atoms with Gasteiger partial charge in [-0.2, -0.15) is 13.2 Å². The van der Waals surface area contributed by atoms with Crippen molar-refractivity contribution in [3.8, 4) is 11.5 Å². The average Bonchev–Trinajstić information content (AvgIpc) is 2.82. The first-order valence-electron chi connectivity index (χ1n) is 10.3. The van der Waals surface area contributed by atoms with Gasteiger partial charge in [0.15, 0.2) is 0 Å². The highest BCUT2D eigenvalue weighted by molar-refractivity contribution is 5.86. The van der Waals surface area contributed by atoms with Gasteiger partial charge in [0, 0.05) is 0 Å². The molecule has 0 radical (unpaired) electrons. The number of rotatable bonds is 3. The molecular weight excluding hydrogens is 465 g/mol. The second-order valence-electron chi connectivity index (χ2n) is 7.85. The first-order chi connectivity index (χ1) is 16.7. The van der Waals surface area contributed by atoms with Gasteiger partial charge in [-0.1, -0.05) is 36.4 Å². The number of benzene rings is 3. The molecule has 0 amide bonds. The Bertz CT molecular complexity index is 1600. The monoisotopic (exact) mass is 480 g/mol. The van der Waals surface area contributed by atoms with Gasteiger partial charge in [0.05, 0.1) is 33.4 Å². The third kappa shape index (κ3) is 3.71.